The molecule has 1 rings (SSSR count). The van der Waals surface area contributed by atoms with E-state index in [1.54, 1.807) is 0 Å². The number of aliphatic carboxylic acids is 1. The van der Waals surface area contributed by atoms with Crippen molar-refractivity contribution in [3.05, 3.63) is 0 Å². The van der Waals surface area contributed by atoms with Gasteiger partial charge in [0, 0.05) is 0 Å². The first-order chi connectivity index (χ1) is 4.25. The molecule has 9 heavy (non-hydrogen) atoms. The number of hydrogen-bond acceptors (Lipinski definition) is 4. The number of ether oxygens (including phenoxy) is 2. The summed E-state index contributed by atoms with van der Waals surface area (Å²) in [4.78, 5) is 19.5. The monoisotopic (exact) mass is 132 g/mol. The molecule has 0 unspecified atom stereocenters. The number of carboxylic acid groups (broad SMARTS) is 1. The molecule has 1 aliphatic heterocycles. The van der Waals surface area contributed by atoms with Gasteiger partial charge in [0.15, 0.2) is 0 Å². The van der Waals surface area contributed by atoms with Gasteiger partial charge in [-0.25, -0.2) is 4.79 Å². The second-order valence-corrected chi connectivity index (χ2v) is 1.50. The van der Waals surface area contributed by atoms with Crippen LogP contribution in [0.3, 0.4) is 0 Å². The van der Waals surface area contributed by atoms with Crippen LogP contribution in [0.5, 0.6) is 0 Å². The van der Waals surface area contributed by atoms with Crippen molar-refractivity contribution in [1.82, 2.24) is 0 Å². The van der Waals surface area contributed by atoms with Gasteiger partial charge in [-0.05, 0) is 0 Å². The topological polar surface area (TPSA) is 76.1 Å². The predicted molar refractivity (Wildman–Crippen MR) is 23.4 cm³/mol. The molecule has 1 fully saturated rings. The second kappa shape index (κ2) is 2.02. The lowest BCUT2D eigenvalue weighted by atomic mass is 10.5. The standard InChI is InChI=1S/C4H4O5/c5-1-8-4-2(9-4)3(6)7/h1-2,4H,(H,6,7)/t2-,4-/m0/s1. The summed E-state index contributed by atoms with van der Waals surface area (Å²) in [7, 11) is 0. The number of rotatable bonds is 3. The number of carbonyl (C=O) groups excluding carboxylic acids is 1. The Labute approximate surface area is 50.2 Å². The van der Waals surface area contributed by atoms with Crippen LogP contribution in [0.2, 0.25) is 0 Å². The van der Waals surface area contributed by atoms with Crippen LogP contribution >= 0.6 is 0 Å². The lowest BCUT2D eigenvalue weighted by Gasteiger charge is -1.83. The molecule has 1 N–H and O–H groups in total. The first-order valence-corrected chi connectivity index (χ1v) is 2.23. The third-order valence-corrected chi connectivity index (χ3v) is 0.884. The van der Waals surface area contributed by atoms with E-state index in [0.29, 0.717) is 0 Å². The van der Waals surface area contributed by atoms with Gasteiger partial charge in [-0.2, -0.15) is 0 Å². The predicted octanol–water partition coefficient (Wildman–Crippen LogP) is -1.03. The van der Waals surface area contributed by atoms with Gasteiger partial charge in [0.1, 0.15) is 0 Å². The fourth-order valence-electron chi connectivity index (χ4n) is 0.432. The van der Waals surface area contributed by atoms with Crippen LogP contribution in [0.25, 0.3) is 0 Å². The molecule has 0 aromatic heterocycles. The van der Waals surface area contributed by atoms with E-state index in [-0.39, 0.29) is 6.47 Å². The zero-order valence-electron chi connectivity index (χ0n) is 4.31. The van der Waals surface area contributed by atoms with E-state index in [4.69, 9.17) is 5.11 Å². The maximum absolute atomic E-state index is 9.93. The molecule has 1 aliphatic rings. The Hall–Kier alpha value is -1.10. The fraction of sp³-hybridized carbons (Fsp3) is 0.500. The lowest BCUT2D eigenvalue weighted by Crippen LogP contribution is -2.09. The Balaban J connectivity index is 2.24. The lowest BCUT2D eigenvalue weighted by molar-refractivity contribution is -0.138. The van der Waals surface area contributed by atoms with Gasteiger partial charge in [0.05, 0.1) is 0 Å². The van der Waals surface area contributed by atoms with E-state index >= 15 is 0 Å². The Kier molecular flexibility index (Phi) is 1.35. The van der Waals surface area contributed by atoms with Crippen LogP contribution in [0.15, 0.2) is 0 Å². The average molecular weight is 132 g/mol. The Morgan fingerprint density at radius 1 is 1.78 bits per heavy atom. The zero-order chi connectivity index (χ0) is 6.85. The quantitative estimate of drug-likeness (QED) is 0.392. The molecule has 0 amide bonds. The van der Waals surface area contributed by atoms with Gasteiger partial charge < -0.3 is 14.6 Å². The molecule has 0 spiro atoms. The molecular formula is C4H4O5. The summed E-state index contributed by atoms with van der Waals surface area (Å²) in [6, 6.07) is 0. The molecule has 0 aliphatic carbocycles. The highest BCUT2D eigenvalue weighted by Crippen LogP contribution is 2.21. The van der Waals surface area contributed by atoms with Crippen molar-refractivity contribution in [3.63, 3.8) is 0 Å². The molecule has 5 nitrogen and oxygen atoms in total. The molecule has 5 heteroatoms. The smallest absolute Gasteiger partial charge is 0.339 e. The SMILES string of the molecule is O=CO[C@H]1O[C@H]1C(=O)O. The largest absolute Gasteiger partial charge is 0.479 e. The van der Waals surface area contributed by atoms with Gasteiger partial charge in [0.2, 0.25) is 12.4 Å². The number of carboxylic acids is 1. The first kappa shape index (κ1) is 6.03. The molecule has 2 atom stereocenters. The summed E-state index contributed by atoms with van der Waals surface area (Å²) in [5, 5.41) is 8.13. The summed E-state index contributed by atoms with van der Waals surface area (Å²) in [5.41, 5.74) is 0. The fourth-order valence-corrected chi connectivity index (χ4v) is 0.432. The minimum atomic E-state index is -1.11. The average Bonchev–Trinajstić information content (AvgIpc) is 2.47. The minimum Gasteiger partial charge on any atom is -0.479 e. The van der Waals surface area contributed by atoms with E-state index in [1.807, 2.05) is 0 Å². The minimum absolute atomic E-state index is 0.160. The number of carbonyl (C=O) groups is 2. The maximum atomic E-state index is 9.93. The summed E-state index contributed by atoms with van der Waals surface area (Å²) in [5.74, 6) is -1.11. The molecule has 0 aromatic carbocycles. The van der Waals surface area contributed by atoms with Crippen molar-refractivity contribution in [1.29, 1.82) is 0 Å². The number of epoxide rings is 1. The van der Waals surface area contributed by atoms with Crippen molar-refractivity contribution in [2.75, 3.05) is 0 Å². The third-order valence-electron chi connectivity index (χ3n) is 0.884. The van der Waals surface area contributed by atoms with Crippen molar-refractivity contribution in [3.8, 4) is 0 Å². The first-order valence-electron chi connectivity index (χ1n) is 2.23. The highest BCUT2D eigenvalue weighted by molar-refractivity contribution is 5.75. The molecule has 50 valence electrons. The van der Waals surface area contributed by atoms with Gasteiger partial charge in [-0.3, -0.25) is 4.79 Å². The van der Waals surface area contributed by atoms with Crippen molar-refractivity contribution in [2.45, 2.75) is 12.4 Å². The molecule has 1 saturated heterocycles. The van der Waals surface area contributed by atoms with Crippen LogP contribution < -0.4 is 0 Å². The van der Waals surface area contributed by atoms with Crippen LogP contribution in [0.1, 0.15) is 0 Å². The van der Waals surface area contributed by atoms with Gasteiger partial charge in [0.25, 0.3) is 6.47 Å². The van der Waals surface area contributed by atoms with Gasteiger partial charge in [-0.1, -0.05) is 0 Å². The molecule has 0 saturated carbocycles. The van der Waals surface area contributed by atoms with Crippen LogP contribution in [-0.2, 0) is 19.1 Å². The normalized spacial score (nSPS) is 31.1. The molecule has 0 radical (unpaired) electrons. The zero-order valence-corrected chi connectivity index (χ0v) is 4.31. The van der Waals surface area contributed by atoms with Crippen LogP contribution in [0, 0.1) is 0 Å². The van der Waals surface area contributed by atoms with Crippen LogP contribution in [-0.4, -0.2) is 29.9 Å². The molecular weight excluding hydrogens is 128 g/mol. The van der Waals surface area contributed by atoms with E-state index in [1.165, 1.54) is 0 Å². The summed E-state index contributed by atoms with van der Waals surface area (Å²) < 4.78 is 8.51. The van der Waals surface area contributed by atoms with E-state index in [9.17, 15) is 9.59 Å². The molecule has 1 heterocycles. The Morgan fingerprint density at radius 3 is 2.78 bits per heavy atom. The van der Waals surface area contributed by atoms with Gasteiger partial charge in [-0.15, -0.1) is 0 Å². The summed E-state index contributed by atoms with van der Waals surface area (Å²) in [6.45, 7) is 0.160. The summed E-state index contributed by atoms with van der Waals surface area (Å²) >= 11 is 0. The maximum Gasteiger partial charge on any atom is 0.339 e. The third kappa shape index (κ3) is 1.17. The molecule has 0 bridgehead atoms. The van der Waals surface area contributed by atoms with E-state index in [0.717, 1.165) is 0 Å². The van der Waals surface area contributed by atoms with Crippen molar-refractivity contribution in [2.24, 2.45) is 0 Å². The van der Waals surface area contributed by atoms with E-state index in [2.05, 4.69) is 9.47 Å². The molecule has 0 aromatic rings. The van der Waals surface area contributed by atoms with Crippen molar-refractivity contribution >= 4 is 12.4 Å². The highest BCUT2D eigenvalue weighted by atomic mass is 16.8. The highest BCUT2D eigenvalue weighted by Gasteiger charge is 2.47. The summed E-state index contributed by atoms with van der Waals surface area (Å²) in [6.07, 6.45) is -1.81. The van der Waals surface area contributed by atoms with Crippen molar-refractivity contribution < 1.29 is 24.2 Å². The van der Waals surface area contributed by atoms with Crippen LogP contribution in [0.4, 0.5) is 0 Å². The Morgan fingerprint density at radius 2 is 2.44 bits per heavy atom. The Bertz CT molecular complexity index is 142. The van der Waals surface area contributed by atoms with E-state index < -0.39 is 18.4 Å². The second-order valence-electron chi connectivity index (χ2n) is 1.50. The van der Waals surface area contributed by atoms with Gasteiger partial charge >= 0.3 is 5.97 Å². The number of hydrogen-bond donors (Lipinski definition) is 1.